The van der Waals surface area contributed by atoms with Gasteiger partial charge >= 0.3 is 0 Å². The van der Waals surface area contributed by atoms with Gasteiger partial charge in [-0.25, -0.2) is 0 Å². The van der Waals surface area contributed by atoms with Crippen LogP contribution in [0.15, 0.2) is 0 Å². The van der Waals surface area contributed by atoms with Crippen LogP contribution in [-0.4, -0.2) is 165 Å². The minimum atomic E-state index is -1.68. The maximum Gasteiger partial charge on any atom is 0.186 e. The van der Waals surface area contributed by atoms with Gasteiger partial charge in [0.25, 0.3) is 0 Å². The van der Waals surface area contributed by atoms with E-state index in [4.69, 9.17) is 37.9 Å². The number of rotatable bonds is 7. The molecule has 338 valence electrons. The lowest BCUT2D eigenvalue weighted by atomic mass is 9.44. The number of fused-ring (bicyclic) bond motifs is 7. The molecule has 0 aromatic carbocycles. The van der Waals surface area contributed by atoms with Crippen LogP contribution >= 0.6 is 0 Å². The van der Waals surface area contributed by atoms with Crippen LogP contribution in [0.5, 0.6) is 0 Å². The second kappa shape index (κ2) is 16.4. The van der Waals surface area contributed by atoms with Crippen molar-refractivity contribution in [2.24, 2.45) is 52.3 Å². The van der Waals surface area contributed by atoms with E-state index in [1.807, 2.05) is 0 Å². The van der Waals surface area contributed by atoms with Gasteiger partial charge in [-0.05, 0) is 104 Å². The standard InChI is InChI=1S/C43H70O16/c1-19-7-12-43(55-15-19)20(2)30-28(59-43)14-25-23-6-5-21-13-22(8-10-41(21,3)24(23)9-11-42(25,30)4)56-40-36(51)33(48)37(58-39-35(50)32(47)27(45)17-53-39)29(57-40)18-54-38-34(49)31(46)26(44)16-52-38/h19-40,44-51H,5-18H2,1-4H3/t19-,20-,21+,22-,23?,24?,25?,26+,27-,28?,29+,30?,31-,32-,33+,34+,35+,36+,37+,38?,39?,40-,41-,42-,43?/m0/s1. The van der Waals surface area contributed by atoms with Crippen LogP contribution in [0.1, 0.15) is 91.9 Å². The van der Waals surface area contributed by atoms with Gasteiger partial charge in [0.1, 0.15) is 61.0 Å². The van der Waals surface area contributed by atoms with Crippen LogP contribution in [-0.2, 0) is 37.9 Å². The van der Waals surface area contributed by atoms with Gasteiger partial charge in [-0.3, -0.25) is 0 Å². The van der Waals surface area contributed by atoms with Crippen molar-refractivity contribution < 1.29 is 78.7 Å². The van der Waals surface area contributed by atoms with Gasteiger partial charge < -0.3 is 78.7 Å². The molecule has 9 aliphatic rings. The predicted octanol–water partition coefficient (Wildman–Crippen LogP) is 0.545. The smallest absolute Gasteiger partial charge is 0.186 e. The molecule has 5 aliphatic heterocycles. The average molecular weight is 843 g/mol. The van der Waals surface area contributed by atoms with E-state index < -0.39 is 85.7 Å². The summed E-state index contributed by atoms with van der Waals surface area (Å²) in [5.74, 6) is 3.40. The average Bonchev–Trinajstić information content (AvgIpc) is 3.66. The number of aliphatic hydroxyl groups excluding tert-OH is 8. The highest BCUT2D eigenvalue weighted by atomic mass is 16.8. The van der Waals surface area contributed by atoms with Gasteiger partial charge in [0.15, 0.2) is 24.7 Å². The molecule has 8 N–H and O–H groups in total. The Morgan fingerprint density at radius 1 is 0.627 bits per heavy atom. The van der Waals surface area contributed by atoms with Gasteiger partial charge in [0.2, 0.25) is 0 Å². The Balaban J connectivity index is 0.855. The number of aliphatic hydroxyl groups is 8. The molecule has 25 atom stereocenters. The summed E-state index contributed by atoms with van der Waals surface area (Å²) < 4.78 is 48.9. The van der Waals surface area contributed by atoms with E-state index in [0.717, 1.165) is 51.6 Å². The zero-order chi connectivity index (χ0) is 41.8. The maximum atomic E-state index is 11.5. The minimum Gasteiger partial charge on any atom is -0.388 e. The predicted molar refractivity (Wildman–Crippen MR) is 204 cm³/mol. The van der Waals surface area contributed by atoms with Crippen LogP contribution in [0.3, 0.4) is 0 Å². The van der Waals surface area contributed by atoms with Gasteiger partial charge in [-0.15, -0.1) is 0 Å². The van der Waals surface area contributed by atoms with Crippen LogP contribution < -0.4 is 0 Å². The Kier molecular flexibility index (Phi) is 12.1. The van der Waals surface area contributed by atoms with E-state index in [1.54, 1.807) is 0 Å². The molecule has 0 bridgehead atoms. The van der Waals surface area contributed by atoms with Crippen molar-refractivity contribution in [1.29, 1.82) is 0 Å². The van der Waals surface area contributed by atoms with Crippen molar-refractivity contribution in [3.8, 4) is 0 Å². The van der Waals surface area contributed by atoms with Gasteiger partial charge in [-0.1, -0.05) is 27.7 Å². The first-order valence-corrected chi connectivity index (χ1v) is 22.6. The Morgan fingerprint density at radius 3 is 2.02 bits per heavy atom. The lowest BCUT2D eigenvalue weighted by molar-refractivity contribution is -0.362. The SMILES string of the molecule is C[C@H]1CCC2(OC1)OC1CC3C4CC[C@@H]5C[C@@H](O[C@H]6O[C@H](COC7OC[C@@H](O)[C@H](O)[C@H]7O)[C@@H](OC7OC[C@H](O)[C@H](O)[C@H]7O)[C@H](O)[C@H]6O)CC[C@]5(C)C4CC[C@]3(C)C1[C@@H]2C. The molecule has 0 radical (unpaired) electrons. The summed E-state index contributed by atoms with van der Waals surface area (Å²) in [5, 5.41) is 84.4. The first-order chi connectivity index (χ1) is 28.0. The minimum absolute atomic E-state index is 0.150. The molecule has 16 heteroatoms. The molecule has 9 rings (SSSR count). The maximum absolute atomic E-state index is 11.5. The Labute approximate surface area is 346 Å². The van der Waals surface area contributed by atoms with Crippen molar-refractivity contribution in [2.75, 3.05) is 26.4 Å². The molecule has 0 amide bonds. The van der Waals surface area contributed by atoms with Gasteiger partial charge in [-0.2, -0.15) is 0 Å². The third-order valence-electron chi connectivity index (χ3n) is 17.5. The fourth-order valence-electron chi connectivity index (χ4n) is 14.0. The largest absolute Gasteiger partial charge is 0.388 e. The van der Waals surface area contributed by atoms with E-state index in [-0.39, 0.29) is 42.9 Å². The molecule has 4 saturated carbocycles. The summed E-state index contributed by atoms with van der Waals surface area (Å²) in [4.78, 5) is 0. The summed E-state index contributed by atoms with van der Waals surface area (Å²) in [6.45, 7) is 9.48. The molecule has 8 unspecified atom stereocenters. The molecule has 4 aliphatic carbocycles. The monoisotopic (exact) mass is 842 g/mol. The number of hydrogen-bond acceptors (Lipinski definition) is 16. The van der Waals surface area contributed by atoms with E-state index in [9.17, 15) is 40.9 Å². The third kappa shape index (κ3) is 7.38. The molecule has 0 aromatic heterocycles. The van der Waals surface area contributed by atoms with Crippen LogP contribution in [0.4, 0.5) is 0 Å². The molecular weight excluding hydrogens is 772 g/mol. The quantitative estimate of drug-likeness (QED) is 0.164. The van der Waals surface area contributed by atoms with Crippen molar-refractivity contribution >= 4 is 0 Å². The van der Waals surface area contributed by atoms with Gasteiger partial charge in [0.05, 0.1) is 38.6 Å². The first-order valence-electron chi connectivity index (χ1n) is 22.6. The normalized spacial score (nSPS) is 58.8. The summed E-state index contributed by atoms with van der Waals surface area (Å²) in [6.07, 6.45) is -8.46. The fourth-order valence-corrected chi connectivity index (χ4v) is 14.0. The van der Waals surface area contributed by atoms with E-state index in [1.165, 1.54) is 19.3 Å². The molecular formula is C43H70O16. The molecule has 5 heterocycles. The highest BCUT2D eigenvalue weighted by molar-refractivity contribution is 5.15. The third-order valence-corrected chi connectivity index (χ3v) is 17.5. The highest BCUT2D eigenvalue weighted by Crippen LogP contribution is 2.71. The Hall–Kier alpha value is -0.640. The summed E-state index contributed by atoms with van der Waals surface area (Å²) in [6, 6.07) is 0. The summed E-state index contributed by atoms with van der Waals surface area (Å²) in [7, 11) is 0. The fraction of sp³-hybridized carbons (Fsp3) is 1.00. The van der Waals surface area contributed by atoms with E-state index in [2.05, 4.69) is 27.7 Å². The molecule has 16 nitrogen and oxygen atoms in total. The van der Waals surface area contributed by atoms with Crippen molar-refractivity contribution in [3.05, 3.63) is 0 Å². The molecule has 59 heavy (non-hydrogen) atoms. The van der Waals surface area contributed by atoms with Crippen LogP contribution in [0.2, 0.25) is 0 Å². The second-order valence-electron chi connectivity index (χ2n) is 20.7. The molecule has 9 fully saturated rings. The van der Waals surface area contributed by atoms with Crippen molar-refractivity contribution in [2.45, 2.75) is 190 Å². The summed E-state index contributed by atoms with van der Waals surface area (Å²) in [5.41, 5.74) is 0.392. The van der Waals surface area contributed by atoms with Crippen molar-refractivity contribution in [3.63, 3.8) is 0 Å². The lowest BCUT2D eigenvalue weighted by Crippen LogP contribution is -2.64. The molecule has 0 aromatic rings. The van der Waals surface area contributed by atoms with Crippen molar-refractivity contribution in [1.82, 2.24) is 0 Å². The van der Waals surface area contributed by atoms with Gasteiger partial charge in [0, 0.05) is 12.3 Å². The topological polar surface area (TPSA) is 236 Å². The molecule has 5 saturated heterocycles. The second-order valence-corrected chi connectivity index (χ2v) is 20.7. The number of hydrogen-bond donors (Lipinski definition) is 8. The summed E-state index contributed by atoms with van der Waals surface area (Å²) >= 11 is 0. The van der Waals surface area contributed by atoms with Crippen LogP contribution in [0.25, 0.3) is 0 Å². The lowest BCUT2D eigenvalue weighted by Gasteiger charge is -2.61. The molecule has 1 spiro atoms. The van der Waals surface area contributed by atoms with E-state index >= 15 is 0 Å². The Morgan fingerprint density at radius 2 is 1.31 bits per heavy atom. The zero-order valence-corrected chi connectivity index (χ0v) is 34.9. The van der Waals surface area contributed by atoms with Crippen LogP contribution in [0, 0.1) is 52.3 Å². The first kappa shape index (κ1) is 43.6. The van der Waals surface area contributed by atoms with E-state index in [0.29, 0.717) is 41.4 Å². The number of ether oxygens (including phenoxy) is 8. The zero-order valence-electron chi connectivity index (χ0n) is 34.9. The Bertz CT molecular complexity index is 1470. The highest BCUT2D eigenvalue weighted by Gasteiger charge is 2.69.